The Morgan fingerprint density at radius 3 is 2.50 bits per heavy atom. The molecule has 172 valence electrons. The van der Waals surface area contributed by atoms with Crippen molar-refractivity contribution in [3.63, 3.8) is 0 Å². The number of amides is 2. The summed E-state index contributed by atoms with van der Waals surface area (Å²) < 4.78 is 15.0. The van der Waals surface area contributed by atoms with Gasteiger partial charge in [0, 0.05) is 13.1 Å². The second-order valence-electron chi connectivity index (χ2n) is 8.08. The Labute approximate surface area is 199 Å². The van der Waals surface area contributed by atoms with Gasteiger partial charge in [0.05, 0.1) is 21.8 Å². The van der Waals surface area contributed by atoms with E-state index in [4.69, 9.17) is 0 Å². The molecule has 0 atom stereocenters. The van der Waals surface area contributed by atoms with E-state index in [1.54, 1.807) is 23.1 Å². The summed E-state index contributed by atoms with van der Waals surface area (Å²) in [5.74, 6) is -0.557. The molecule has 0 spiro atoms. The zero-order valence-electron chi connectivity index (χ0n) is 18.5. The molecule has 1 aliphatic heterocycles. The van der Waals surface area contributed by atoms with E-state index in [0.717, 1.165) is 23.3 Å². The van der Waals surface area contributed by atoms with Crippen LogP contribution in [0.25, 0.3) is 16.4 Å². The minimum Gasteiger partial charge on any atom is -0.339 e. The normalized spacial score (nSPS) is 13.3. The molecule has 0 unspecified atom stereocenters. The Hall–Kier alpha value is -3.85. The van der Waals surface area contributed by atoms with Crippen LogP contribution >= 0.6 is 11.3 Å². The number of anilines is 1. The van der Waals surface area contributed by atoms with Crippen LogP contribution in [0.5, 0.6) is 0 Å². The zero-order valence-corrected chi connectivity index (χ0v) is 19.3. The quantitative estimate of drug-likeness (QED) is 0.444. The second kappa shape index (κ2) is 9.18. The second-order valence-corrected chi connectivity index (χ2v) is 9.02. The SMILES string of the molecule is Cc1cccc(C(=O)N2CCCC2)c1NC(=O)c1nc(-c2cccs2)n(-c2ccc(F)cc2)n1. The molecule has 3 heterocycles. The highest BCUT2D eigenvalue weighted by molar-refractivity contribution is 7.13. The fraction of sp³-hybridized carbons (Fsp3) is 0.200. The highest BCUT2D eigenvalue weighted by atomic mass is 32.1. The number of nitrogens with zero attached hydrogens (tertiary/aromatic N) is 4. The van der Waals surface area contributed by atoms with Gasteiger partial charge in [0.1, 0.15) is 5.82 Å². The van der Waals surface area contributed by atoms with Crippen molar-refractivity contribution < 1.29 is 14.0 Å². The van der Waals surface area contributed by atoms with Crippen molar-refractivity contribution in [1.29, 1.82) is 0 Å². The molecule has 4 aromatic rings. The monoisotopic (exact) mass is 475 g/mol. The highest BCUT2D eigenvalue weighted by Crippen LogP contribution is 2.27. The predicted molar refractivity (Wildman–Crippen MR) is 129 cm³/mol. The van der Waals surface area contributed by atoms with Crippen LogP contribution in [0.1, 0.15) is 39.4 Å². The molecule has 1 N–H and O–H groups in total. The van der Waals surface area contributed by atoms with Gasteiger partial charge in [0.15, 0.2) is 5.82 Å². The molecule has 5 rings (SSSR count). The predicted octanol–water partition coefficient (Wildman–Crippen LogP) is 4.93. The number of nitrogens with one attached hydrogen (secondary N) is 1. The summed E-state index contributed by atoms with van der Waals surface area (Å²) >= 11 is 1.46. The number of carbonyl (C=O) groups is 2. The molecule has 0 saturated carbocycles. The molecular weight excluding hydrogens is 453 g/mol. The number of carbonyl (C=O) groups excluding carboxylic acids is 2. The van der Waals surface area contributed by atoms with E-state index in [1.165, 1.54) is 28.2 Å². The van der Waals surface area contributed by atoms with Crippen molar-refractivity contribution in [3.8, 4) is 16.4 Å². The Morgan fingerprint density at radius 1 is 1.03 bits per heavy atom. The van der Waals surface area contributed by atoms with E-state index >= 15 is 0 Å². The van der Waals surface area contributed by atoms with Gasteiger partial charge in [-0.15, -0.1) is 16.4 Å². The zero-order chi connectivity index (χ0) is 23.7. The van der Waals surface area contributed by atoms with Crippen LogP contribution < -0.4 is 5.32 Å². The van der Waals surface area contributed by atoms with Crippen molar-refractivity contribution in [2.45, 2.75) is 19.8 Å². The van der Waals surface area contributed by atoms with Crippen molar-refractivity contribution >= 4 is 28.8 Å². The first kappa shape index (κ1) is 22.0. The Kier molecular flexibility index (Phi) is 5.93. The van der Waals surface area contributed by atoms with Gasteiger partial charge in [-0.05, 0) is 67.1 Å². The lowest BCUT2D eigenvalue weighted by Gasteiger charge is -2.19. The number of hydrogen-bond donors (Lipinski definition) is 1. The van der Waals surface area contributed by atoms with E-state index in [2.05, 4.69) is 15.4 Å². The first-order chi connectivity index (χ1) is 16.5. The Balaban J connectivity index is 1.50. The number of likely N-dealkylation sites (tertiary alicyclic amines) is 1. The van der Waals surface area contributed by atoms with Crippen LogP contribution in [0, 0.1) is 12.7 Å². The summed E-state index contributed by atoms with van der Waals surface area (Å²) in [5.41, 5.74) is 2.26. The third-order valence-electron chi connectivity index (χ3n) is 5.76. The largest absolute Gasteiger partial charge is 0.339 e. The van der Waals surface area contributed by atoms with Gasteiger partial charge in [-0.3, -0.25) is 9.59 Å². The lowest BCUT2D eigenvalue weighted by atomic mass is 10.1. The first-order valence-corrected chi connectivity index (χ1v) is 11.9. The number of para-hydroxylation sites is 1. The number of benzene rings is 2. The van der Waals surface area contributed by atoms with Gasteiger partial charge < -0.3 is 10.2 Å². The minimum atomic E-state index is -0.525. The third kappa shape index (κ3) is 4.22. The molecule has 7 nitrogen and oxygen atoms in total. The van der Waals surface area contributed by atoms with Gasteiger partial charge in [0.2, 0.25) is 5.82 Å². The number of rotatable bonds is 5. The molecule has 0 bridgehead atoms. The van der Waals surface area contributed by atoms with Crippen LogP contribution in [-0.4, -0.2) is 44.6 Å². The molecule has 2 aromatic carbocycles. The van der Waals surface area contributed by atoms with Crippen LogP contribution in [-0.2, 0) is 0 Å². The number of hydrogen-bond acceptors (Lipinski definition) is 5. The maximum Gasteiger partial charge on any atom is 0.295 e. The van der Waals surface area contributed by atoms with Crippen LogP contribution in [0.2, 0.25) is 0 Å². The summed E-state index contributed by atoms with van der Waals surface area (Å²) in [6, 6.07) is 15.0. The average Bonchev–Trinajstić information content (AvgIpc) is 3.61. The molecule has 1 saturated heterocycles. The molecular formula is C25H22FN5O2S. The van der Waals surface area contributed by atoms with E-state index in [9.17, 15) is 14.0 Å². The standard InChI is InChI=1S/C25H22FN5O2S/c1-16-6-4-7-19(25(33)30-13-2-3-14-30)21(16)27-24(32)22-28-23(20-8-5-15-34-20)31(29-22)18-11-9-17(26)10-12-18/h4-12,15H,2-3,13-14H2,1H3,(H,27,32). The number of aryl methyl sites for hydroxylation is 1. The maximum atomic E-state index is 13.5. The van der Waals surface area contributed by atoms with E-state index in [-0.39, 0.29) is 17.5 Å². The first-order valence-electron chi connectivity index (χ1n) is 11.0. The van der Waals surface area contributed by atoms with Crippen molar-refractivity contribution in [2.24, 2.45) is 0 Å². The van der Waals surface area contributed by atoms with E-state index < -0.39 is 5.91 Å². The Bertz CT molecular complexity index is 1340. The third-order valence-corrected chi connectivity index (χ3v) is 6.62. The fourth-order valence-corrected chi connectivity index (χ4v) is 4.71. The smallest absolute Gasteiger partial charge is 0.295 e. The molecule has 0 radical (unpaired) electrons. The van der Waals surface area contributed by atoms with Gasteiger partial charge in [0.25, 0.3) is 11.8 Å². The van der Waals surface area contributed by atoms with Gasteiger partial charge >= 0.3 is 0 Å². The summed E-state index contributed by atoms with van der Waals surface area (Å²) in [4.78, 5) is 33.4. The summed E-state index contributed by atoms with van der Waals surface area (Å²) in [7, 11) is 0. The van der Waals surface area contributed by atoms with Crippen molar-refractivity contribution in [2.75, 3.05) is 18.4 Å². The molecule has 2 aromatic heterocycles. The molecule has 34 heavy (non-hydrogen) atoms. The molecule has 9 heteroatoms. The molecule has 0 aliphatic carbocycles. The summed E-state index contributed by atoms with van der Waals surface area (Å²) in [5, 5.41) is 9.20. The summed E-state index contributed by atoms with van der Waals surface area (Å²) in [6.07, 6.45) is 1.96. The Morgan fingerprint density at radius 2 is 1.79 bits per heavy atom. The maximum absolute atomic E-state index is 13.5. The highest BCUT2D eigenvalue weighted by Gasteiger charge is 2.25. The number of halogens is 1. The van der Waals surface area contributed by atoms with Crippen LogP contribution in [0.15, 0.2) is 60.0 Å². The lowest BCUT2D eigenvalue weighted by Crippen LogP contribution is -2.29. The topological polar surface area (TPSA) is 80.1 Å². The van der Waals surface area contributed by atoms with E-state index in [1.807, 2.05) is 36.6 Å². The number of thiophene rings is 1. The van der Waals surface area contributed by atoms with Crippen LogP contribution in [0.3, 0.4) is 0 Å². The minimum absolute atomic E-state index is 0.0458. The van der Waals surface area contributed by atoms with Crippen LogP contribution in [0.4, 0.5) is 10.1 Å². The molecule has 2 amide bonds. The molecule has 1 fully saturated rings. The summed E-state index contributed by atoms with van der Waals surface area (Å²) in [6.45, 7) is 3.28. The van der Waals surface area contributed by atoms with Gasteiger partial charge in [-0.1, -0.05) is 18.2 Å². The number of aromatic nitrogens is 3. The lowest BCUT2D eigenvalue weighted by molar-refractivity contribution is 0.0793. The average molecular weight is 476 g/mol. The van der Waals surface area contributed by atoms with Gasteiger partial charge in [-0.2, -0.15) is 0 Å². The molecule has 1 aliphatic rings. The van der Waals surface area contributed by atoms with Crippen molar-refractivity contribution in [1.82, 2.24) is 19.7 Å². The van der Waals surface area contributed by atoms with Crippen molar-refractivity contribution in [3.05, 3.63) is 82.7 Å². The van der Waals surface area contributed by atoms with E-state index in [0.29, 0.717) is 35.9 Å². The van der Waals surface area contributed by atoms with Gasteiger partial charge in [-0.25, -0.2) is 14.1 Å². The fourth-order valence-electron chi connectivity index (χ4n) is 4.01.